The highest BCUT2D eigenvalue weighted by Gasteiger charge is 2.27. The summed E-state index contributed by atoms with van der Waals surface area (Å²) in [4.78, 5) is 19.4. The molecule has 9 heteroatoms. The van der Waals surface area contributed by atoms with Gasteiger partial charge in [-0.2, -0.15) is 0 Å². The van der Waals surface area contributed by atoms with Gasteiger partial charge in [0.15, 0.2) is 0 Å². The van der Waals surface area contributed by atoms with Crippen LogP contribution < -0.4 is 10.2 Å². The second-order valence-corrected chi connectivity index (χ2v) is 8.91. The smallest absolute Gasteiger partial charge is 0.322 e. The second-order valence-electron chi connectivity index (χ2n) is 8.47. The second kappa shape index (κ2) is 10.9. The average molecular weight is 486 g/mol. The van der Waals surface area contributed by atoms with Gasteiger partial charge in [-0.25, -0.2) is 9.18 Å². The summed E-state index contributed by atoms with van der Waals surface area (Å²) < 4.78 is 19.4. The summed E-state index contributed by atoms with van der Waals surface area (Å²) in [6.07, 6.45) is 0.782. The van der Waals surface area contributed by atoms with Crippen LogP contribution in [0, 0.1) is 5.82 Å². The maximum atomic E-state index is 13.6. The molecular formula is C25H29ClFN5O2. The van der Waals surface area contributed by atoms with Gasteiger partial charge in [-0.3, -0.25) is 0 Å². The van der Waals surface area contributed by atoms with Crippen LogP contribution in [0.4, 0.5) is 20.8 Å². The van der Waals surface area contributed by atoms with Crippen LogP contribution in [0.25, 0.3) is 11.3 Å². The summed E-state index contributed by atoms with van der Waals surface area (Å²) in [5.74, 6) is 0.339. The Morgan fingerprint density at radius 2 is 1.91 bits per heavy atom. The van der Waals surface area contributed by atoms with Crippen LogP contribution in [0.15, 0.2) is 53.1 Å². The number of rotatable bonds is 7. The van der Waals surface area contributed by atoms with Gasteiger partial charge >= 0.3 is 6.03 Å². The van der Waals surface area contributed by atoms with Gasteiger partial charge in [-0.15, -0.1) is 0 Å². The lowest BCUT2D eigenvalue weighted by Gasteiger charge is -2.33. The van der Waals surface area contributed by atoms with Gasteiger partial charge in [0.25, 0.3) is 0 Å². The summed E-state index contributed by atoms with van der Waals surface area (Å²) in [5.41, 5.74) is 2.80. The predicted octanol–water partition coefficient (Wildman–Crippen LogP) is 5.33. The number of likely N-dealkylation sites (N-methyl/N-ethyl adjacent to an activating group) is 1. The minimum atomic E-state index is -0.318. The zero-order valence-electron chi connectivity index (χ0n) is 19.4. The molecule has 7 nitrogen and oxygen atoms in total. The number of benzene rings is 2. The van der Waals surface area contributed by atoms with Gasteiger partial charge in [0.2, 0.25) is 5.88 Å². The molecule has 1 aliphatic heterocycles. The fourth-order valence-corrected chi connectivity index (χ4v) is 4.21. The Hall–Kier alpha value is -3.10. The highest BCUT2D eigenvalue weighted by molar-refractivity contribution is 6.30. The van der Waals surface area contributed by atoms with Crippen molar-refractivity contribution in [1.29, 1.82) is 0 Å². The number of anilines is 2. The third kappa shape index (κ3) is 5.69. The standard InChI is InChI=1S/C25H29ClFN5O2/c1-3-11-32(25(33)28-21-6-4-5-19(26)16-21)17-22-23(18-7-9-20(27)10-8-18)29-34-24(22)31-14-12-30(2)13-15-31/h4-10,16H,3,11-15,17H2,1-2H3,(H,28,33). The van der Waals surface area contributed by atoms with Gasteiger partial charge in [0, 0.05) is 49.0 Å². The van der Waals surface area contributed by atoms with E-state index in [0.717, 1.165) is 43.7 Å². The number of hydrogen-bond acceptors (Lipinski definition) is 5. The van der Waals surface area contributed by atoms with Crippen molar-refractivity contribution in [2.24, 2.45) is 0 Å². The zero-order valence-corrected chi connectivity index (χ0v) is 20.2. The highest BCUT2D eigenvalue weighted by Crippen LogP contribution is 2.33. The van der Waals surface area contributed by atoms with Crippen LogP contribution in [0.1, 0.15) is 18.9 Å². The number of amides is 2. The van der Waals surface area contributed by atoms with Gasteiger partial charge in [0.1, 0.15) is 11.5 Å². The molecule has 1 fully saturated rings. The molecule has 2 heterocycles. The molecule has 34 heavy (non-hydrogen) atoms. The molecular weight excluding hydrogens is 457 g/mol. The van der Waals surface area contributed by atoms with E-state index in [1.54, 1.807) is 41.3 Å². The number of carbonyl (C=O) groups excluding carboxylic acids is 1. The van der Waals surface area contributed by atoms with Crippen molar-refractivity contribution in [3.05, 3.63) is 64.9 Å². The van der Waals surface area contributed by atoms with E-state index < -0.39 is 0 Å². The lowest BCUT2D eigenvalue weighted by molar-refractivity contribution is 0.209. The minimum Gasteiger partial charge on any atom is -0.338 e. The number of nitrogens with zero attached hydrogens (tertiary/aromatic N) is 4. The zero-order chi connectivity index (χ0) is 24.1. The van der Waals surface area contributed by atoms with Crippen LogP contribution in [0.5, 0.6) is 0 Å². The van der Waals surface area contributed by atoms with E-state index in [0.29, 0.717) is 35.4 Å². The maximum absolute atomic E-state index is 13.6. The van der Waals surface area contributed by atoms with Gasteiger partial charge in [-0.1, -0.05) is 29.7 Å². The van der Waals surface area contributed by atoms with Gasteiger partial charge in [-0.05, 0) is 55.9 Å². The number of hydrogen-bond donors (Lipinski definition) is 1. The lowest BCUT2D eigenvalue weighted by atomic mass is 10.1. The molecule has 0 unspecified atom stereocenters. The van der Waals surface area contributed by atoms with E-state index in [9.17, 15) is 9.18 Å². The molecule has 0 spiro atoms. The van der Waals surface area contributed by atoms with Gasteiger partial charge < -0.3 is 24.5 Å². The summed E-state index contributed by atoms with van der Waals surface area (Å²) in [6.45, 7) is 6.27. The Labute approximate surface area is 204 Å². The first-order chi connectivity index (χ1) is 16.4. The van der Waals surface area contributed by atoms with Crippen LogP contribution in [-0.4, -0.2) is 60.8 Å². The number of aromatic nitrogens is 1. The van der Waals surface area contributed by atoms with Crippen LogP contribution >= 0.6 is 11.6 Å². The van der Waals surface area contributed by atoms with E-state index in [-0.39, 0.29) is 11.8 Å². The predicted molar refractivity (Wildman–Crippen MR) is 133 cm³/mol. The molecule has 1 aliphatic rings. The maximum Gasteiger partial charge on any atom is 0.322 e. The Bertz CT molecular complexity index is 1110. The monoisotopic (exact) mass is 485 g/mol. The molecule has 1 aromatic heterocycles. The van der Waals surface area contributed by atoms with Crippen LogP contribution in [-0.2, 0) is 6.54 Å². The van der Waals surface area contributed by atoms with E-state index in [1.807, 2.05) is 6.92 Å². The molecule has 180 valence electrons. The minimum absolute atomic E-state index is 0.236. The first-order valence-electron chi connectivity index (χ1n) is 11.4. The molecule has 3 aromatic rings. The molecule has 1 saturated heterocycles. The van der Waals surface area contributed by atoms with E-state index in [2.05, 4.69) is 27.3 Å². The van der Waals surface area contributed by atoms with Crippen molar-refractivity contribution in [2.45, 2.75) is 19.9 Å². The first kappa shape index (κ1) is 24.0. The third-order valence-electron chi connectivity index (χ3n) is 5.88. The normalized spacial score (nSPS) is 14.3. The van der Waals surface area contributed by atoms with Gasteiger partial charge in [0.05, 0.1) is 12.1 Å². The third-order valence-corrected chi connectivity index (χ3v) is 6.12. The topological polar surface area (TPSA) is 64.9 Å². The molecule has 4 rings (SSSR count). The van der Waals surface area contributed by atoms with E-state index >= 15 is 0 Å². The number of piperazine rings is 1. The molecule has 0 aliphatic carbocycles. The summed E-state index contributed by atoms with van der Waals surface area (Å²) in [5, 5.41) is 7.83. The Balaban J connectivity index is 1.65. The number of halogens is 2. The van der Waals surface area contributed by atoms with Crippen molar-refractivity contribution in [2.75, 3.05) is 50.0 Å². The van der Waals surface area contributed by atoms with E-state index in [4.69, 9.17) is 16.1 Å². The Morgan fingerprint density at radius 1 is 1.18 bits per heavy atom. The number of urea groups is 1. The summed E-state index contributed by atoms with van der Waals surface area (Å²) in [7, 11) is 2.09. The van der Waals surface area contributed by atoms with E-state index in [1.165, 1.54) is 12.1 Å². The first-order valence-corrected chi connectivity index (χ1v) is 11.8. The number of carbonyl (C=O) groups is 1. The molecule has 0 bridgehead atoms. The molecule has 2 amide bonds. The van der Waals surface area contributed by atoms with Crippen molar-refractivity contribution < 1.29 is 13.7 Å². The summed E-state index contributed by atoms with van der Waals surface area (Å²) in [6, 6.07) is 13.0. The van der Waals surface area contributed by atoms with Crippen LogP contribution in [0.2, 0.25) is 5.02 Å². The quantitative estimate of drug-likeness (QED) is 0.490. The Kier molecular flexibility index (Phi) is 7.70. The van der Waals surface area contributed by atoms with Crippen molar-refractivity contribution >= 4 is 29.2 Å². The summed E-state index contributed by atoms with van der Waals surface area (Å²) >= 11 is 6.08. The fourth-order valence-electron chi connectivity index (χ4n) is 4.02. The lowest BCUT2D eigenvalue weighted by Crippen LogP contribution is -2.45. The van der Waals surface area contributed by atoms with Crippen molar-refractivity contribution in [3.8, 4) is 11.3 Å². The number of nitrogens with one attached hydrogen (secondary N) is 1. The molecule has 0 atom stereocenters. The van der Waals surface area contributed by atoms with Crippen molar-refractivity contribution in [3.63, 3.8) is 0 Å². The molecule has 0 radical (unpaired) electrons. The Morgan fingerprint density at radius 3 is 2.59 bits per heavy atom. The SMILES string of the molecule is CCCN(Cc1c(-c2ccc(F)cc2)noc1N1CCN(C)CC1)C(=O)Nc1cccc(Cl)c1. The van der Waals surface area contributed by atoms with Crippen LogP contribution in [0.3, 0.4) is 0 Å². The molecule has 2 aromatic carbocycles. The largest absolute Gasteiger partial charge is 0.338 e. The average Bonchev–Trinajstić information content (AvgIpc) is 3.23. The molecule has 1 N–H and O–H groups in total. The van der Waals surface area contributed by atoms with Crippen molar-refractivity contribution in [1.82, 2.24) is 15.0 Å². The highest BCUT2D eigenvalue weighted by atomic mass is 35.5. The fraction of sp³-hybridized carbons (Fsp3) is 0.360. The molecule has 0 saturated carbocycles.